The molecule has 2 aromatic heterocycles. The topological polar surface area (TPSA) is 69.2 Å². The summed E-state index contributed by atoms with van der Waals surface area (Å²) in [5, 5.41) is 15.3. The summed E-state index contributed by atoms with van der Waals surface area (Å²) in [7, 11) is 1.64. The Morgan fingerprint density at radius 3 is 2.96 bits per heavy atom. The number of thiazole rings is 1. The van der Waals surface area contributed by atoms with E-state index in [4.69, 9.17) is 14.5 Å². The van der Waals surface area contributed by atoms with E-state index in [1.807, 2.05) is 25.1 Å². The quantitative estimate of drug-likeness (QED) is 0.367. The van der Waals surface area contributed by atoms with Gasteiger partial charge in [0.15, 0.2) is 15.8 Å². The van der Waals surface area contributed by atoms with Crippen LogP contribution >= 0.6 is 34.4 Å². The van der Waals surface area contributed by atoms with Gasteiger partial charge in [0.05, 0.1) is 19.4 Å². The molecule has 1 aromatic carbocycles. The third-order valence-electron chi connectivity index (χ3n) is 3.41. The molecule has 6 nitrogen and oxygen atoms in total. The summed E-state index contributed by atoms with van der Waals surface area (Å²) < 4.78 is 11.9. The van der Waals surface area contributed by atoms with Gasteiger partial charge in [-0.3, -0.25) is 0 Å². The van der Waals surface area contributed by atoms with Gasteiger partial charge >= 0.3 is 0 Å². The standard InChI is InChI=1S/C18H20N4O2S3/c1-4-8-19-17-21-22-18(27-17)26-11-13-10-25-16(20-13)12-6-7-14(24-5-2)15(9-12)23-3/h4,6-7,9-10H,1,5,8,11H2,2-3H3,(H,19,21). The molecule has 0 fully saturated rings. The van der Waals surface area contributed by atoms with E-state index < -0.39 is 0 Å². The van der Waals surface area contributed by atoms with E-state index in [-0.39, 0.29) is 0 Å². The smallest absolute Gasteiger partial charge is 0.206 e. The van der Waals surface area contributed by atoms with Crippen LogP contribution in [-0.2, 0) is 5.75 Å². The molecule has 0 saturated carbocycles. The van der Waals surface area contributed by atoms with Crippen molar-refractivity contribution in [2.45, 2.75) is 17.0 Å². The number of hydrogen-bond donors (Lipinski definition) is 1. The molecule has 0 aliphatic carbocycles. The maximum absolute atomic E-state index is 5.57. The Balaban J connectivity index is 1.64. The van der Waals surface area contributed by atoms with Crippen molar-refractivity contribution in [3.8, 4) is 22.1 Å². The number of nitrogens with zero attached hydrogens (tertiary/aromatic N) is 3. The predicted octanol–water partition coefficient (Wildman–Crippen LogP) is 4.96. The molecular weight excluding hydrogens is 400 g/mol. The molecule has 0 radical (unpaired) electrons. The fourth-order valence-corrected chi connectivity index (χ4v) is 4.79. The zero-order chi connectivity index (χ0) is 19.1. The third kappa shape index (κ3) is 5.21. The van der Waals surface area contributed by atoms with E-state index in [1.165, 1.54) is 11.3 Å². The van der Waals surface area contributed by atoms with Crippen LogP contribution in [0.3, 0.4) is 0 Å². The van der Waals surface area contributed by atoms with E-state index >= 15 is 0 Å². The number of ether oxygens (including phenoxy) is 2. The summed E-state index contributed by atoms with van der Waals surface area (Å²) in [6, 6.07) is 5.89. The molecule has 9 heteroatoms. The maximum Gasteiger partial charge on any atom is 0.206 e. The van der Waals surface area contributed by atoms with E-state index in [9.17, 15) is 0 Å². The number of methoxy groups -OCH3 is 1. The van der Waals surface area contributed by atoms with Crippen LogP contribution in [0.15, 0.2) is 40.6 Å². The first-order valence-corrected chi connectivity index (χ1v) is 11.0. The fourth-order valence-electron chi connectivity index (χ4n) is 2.22. The number of anilines is 1. The minimum atomic E-state index is 0.602. The molecule has 0 aliphatic rings. The zero-order valence-electron chi connectivity index (χ0n) is 15.1. The van der Waals surface area contributed by atoms with Crippen molar-refractivity contribution in [1.29, 1.82) is 0 Å². The first-order valence-electron chi connectivity index (χ1n) is 8.30. The maximum atomic E-state index is 5.57. The summed E-state index contributed by atoms with van der Waals surface area (Å²) in [4.78, 5) is 4.73. The van der Waals surface area contributed by atoms with Crippen LogP contribution in [-0.4, -0.2) is 35.4 Å². The van der Waals surface area contributed by atoms with Crippen molar-refractivity contribution in [3.63, 3.8) is 0 Å². The van der Waals surface area contributed by atoms with Crippen LogP contribution in [0.25, 0.3) is 10.6 Å². The van der Waals surface area contributed by atoms with Crippen LogP contribution in [0.5, 0.6) is 11.5 Å². The van der Waals surface area contributed by atoms with Crippen molar-refractivity contribution in [3.05, 3.63) is 41.9 Å². The van der Waals surface area contributed by atoms with Crippen LogP contribution in [0.4, 0.5) is 5.13 Å². The summed E-state index contributed by atoms with van der Waals surface area (Å²) >= 11 is 4.78. The lowest BCUT2D eigenvalue weighted by molar-refractivity contribution is 0.311. The van der Waals surface area contributed by atoms with Crippen LogP contribution in [0.2, 0.25) is 0 Å². The van der Waals surface area contributed by atoms with Gasteiger partial charge in [-0.15, -0.1) is 28.1 Å². The molecule has 27 heavy (non-hydrogen) atoms. The van der Waals surface area contributed by atoms with Gasteiger partial charge in [-0.2, -0.15) is 0 Å². The molecule has 2 heterocycles. The average molecular weight is 421 g/mol. The SMILES string of the molecule is C=CCNc1nnc(SCc2csc(-c3ccc(OCC)c(OC)c3)n2)s1. The van der Waals surface area contributed by atoms with Gasteiger partial charge in [-0.1, -0.05) is 29.2 Å². The summed E-state index contributed by atoms with van der Waals surface area (Å²) in [6.45, 7) is 6.91. The predicted molar refractivity (Wildman–Crippen MR) is 113 cm³/mol. The normalized spacial score (nSPS) is 10.6. The zero-order valence-corrected chi connectivity index (χ0v) is 17.5. The Hall–Kier alpha value is -2.10. The largest absolute Gasteiger partial charge is 0.493 e. The number of thioether (sulfide) groups is 1. The molecule has 3 aromatic rings. The van der Waals surface area contributed by atoms with Crippen LogP contribution in [0, 0.1) is 0 Å². The monoisotopic (exact) mass is 420 g/mol. The van der Waals surface area contributed by atoms with Crippen molar-refractivity contribution in [2.75, 3.05) is 25.6 Å². The molecule has 0 unspecified atom stereocenters. The first-order chi connectivity index (χ1) is 13.2. The highest BCUT2D eigenvalue weighted by Crippen LogP contribution is 2.35. The number of nitrogens with one attached hydrogen (secondary N) is 1. The van der Waals surface area contributed by atoms with E-state index in [2.05, 4.69) is 27.5 Å². The van der Waals surface area contributed by atoms with E-state index in [1.54, 1.807) is 36.3 Å². The molecule has 142 valence electrons. The van der Waals surface area contributed by atoms with Gasteiger partial charge in [0.25, 0.3) is 0 Å². The Morgan fingerprint density at radius 1 is 1.30 bits per heavy atom. The molecular formula is C18H20N4O2S3. The van der Waals surface area contributed by atoms with Crippen molar-refractivity contribution >= 4 is 39.6 Å². The fraction of sp³-hybridized carbons (Fsp3) is 0.278. The highest BCUT2D eigenvalue weighted by molar-refractivity contribution is 8.00. The molecule has 0 amide bonds. The lowest BCUT2D eigenvalue weighted by atomic mass is 10.2. The Kier molecular flexibility index (Phi) is 7.08. The summed E-state index contributed by atoms with van der Waals surface area (Å²) in [5.41, 5.74) is 2.03. The lowest BCUT2D eigenvalue weighted by Crippen LogP contribution is -1.96. The Labute approximate surface area is 170 Å². The van der Waals surface area contributed by atoms with Gasteiger partial charge in [0.2, 0.25) is 5.13 Å². The van der Waals surface area contributed by atoms with Gasteiger partial charge < -0.3 is 14.8 Å². The van der Waals surface area contributed by atoms with E-state index in [0.29, 0.717) is 18.9 Å². The molecule has 0 saturated heterocycles. The van der Waals surface area contributed by atoms with Crippen molar-refractivity contribution in [1.82, 2.24) is 15.2 Å². The van der Waals surface area contributed by atoms with E-state index in [0.717, 1.165) is 37.2 Å². The molecule has 0 atom stereocenters. The van der Waals surface area contributed by atoms with Gasteiger partial charge in [0.1, 0.15) is 5.01 Å². The second-order valence-corrected chi connectivity index (χ2v) is 8.33. The molecule has 3 rings (SSSR count). The number of hydrogen-bond acceptors (Lipinski definition) is 9. The minimum Gasteiger partial charge on any atom is -0.493 e. The molecule has 1 N–H and O–H groups in total. The number of aromatic nitrogens is 3. The van der Waals surface area contributed by atoms with Crippen molar-refractivity contribution in [2.24, 2.45) is 0 Å². The lowest BCUT2D eigenvalue weighted by Gasteiger charge is -2.09. The first kappa shape index (κ1) is 19.7. The summed E-state index contributed by atoms with van der Waals surface area (Å²) in [5.74, 6) is 2.21. The average Bonchev–Trinajstić information content (AvgIpc) is 3.34. The highest BCUT2D eigenvalue weighted by atomic mass is 32.2. The minimum absolute atomic E-state index is 0.602. The second kappa shape index (κ2) is 9.72. The second-order valence-electron chi connectivity index (χ2n) is 5.27. The van der Waals surface area contributed by atoms with Crippen molar-refractivity contribution < 1.29 is 9.47 Å². The number of rotatable bonds is 10. The van der Waals surface area contributed by atoms with Crippen LogP contribution < -0.4 is 14.8 Å². The Bertz CT molecular complexity index is 894. The third-order valence-corrected chi connectivity index (χ3v) is 6.40. The van der Waals surface area contributed by atoms with Gasteiger partial charge in [0, 0.05) is 23.2 Å². The number of benzene rings is 1. The molecule has 0 spiro atoms. The molecule has 0 bridgehead atoms. The van der Waals surface area contributed by atoms with Gasteiger partial charge in [-0.05, 0) is 25.1 Å². The Morgan fingerprint density at radius 2 is 2.19 bits per heavy atom. The summed E-state index contributed by atoms with van der Waals surface area (Å²) in [6.07, 6.45) is 1.79. The van der Waals surface area contributed by atoms with Gasteiger partial charge in [-0.25, -0.2) is 4.98 Å². The van der Waals surface area contributed by atoms with Crippen LogP contribution in [0.1, 0.15) is 12.6 Å². The highest BCUT2D eigenvalue weighted by Gasteiger charge is 2.11. The molecule has 0 aliphatic heterocycles.